The van der Waals surface area contributed by atoms with E-state index in [4.69, 9.17) is 4.74 Å². The predicted octanol–water partition coefficient (Wildman–Crippen LogP) is 7.52. The molecule has 0 unspecified atom stereocenters. The average molecular weight is 421 g/mol. The minimum Gasteiger partial charge on any atom is -0.459 e. The molecule has 3 rings (SSSR count). The molecule has 0 saturated heterocycles. The van der Waals surface area contributed by atoms with Gasteiger partial charge in [-0.3, -0.25) is 0 Å². The van der Waals surface area contributed by atoms with Crippen molar-refractivity contribution >= 4 is 5.97 Å². The summed E-state index contributed by atoms with van der Waals surface area (Å²) in [6, 6.07) is 7.87. The quantitative estimate of drug-likeness (QED) is 0.337. The largest absolute Gasteiger partial charge is 0.459 e. The second-order valence-electron chi connectivity index (χ2n) is 9.54. The van der Waals surface area contributed by atoms with Gasteiger partial charge in [-0.2, -0.15) is 0 Å². The molecule has 0 aliphatic heterocycles. The van der Waals surface area contributed by atoms with E-state index in [1.54, 1.807) is 0 Å². The van der Waals surface area contributed by atoms with Gasteiger partial charge in [0.05, 0.1) is 5.56 Å². The standard InChI is InChI=1S/C29H40O2/c1-3-7-23-11-13-25(14-12-23)9-5-6-10-26-17-21-28(22-18-26)31-29(30)27-19-15-24(8-4-2)16-20-27/h5,9,15-16,19-20,23,25-26,28H,3-4,7-8,11-14,17-18,21-22H2,1-2H3/t23-,25-,26-,28-. The molecular weight excluding hydrogens is 380 g/mol. The Morgan fingerprint density at radius 3 is 2.32 bits per heavy atom. The smallest absolute Gasteiger partial charge is 0.338 e. The van der Waals surface area contributed by atoms with E-state index >= 15 is 0 Å². The van der Waals surface area contributed by atoms with Crippen LogP contribution in [-0.2, 0) is 11.2 Å². The average Bonchev–Trinajstić information content (AvgIpc) is 2.80. The van der Waals surface area contributed by atoms with Gasteiger partial charge in [0, 0.05) is 5.92 Å². The molecule has 1 aromatic rings. The number of ether oxygens (including phenoxy) is 1. The van der Waals surface area contributed by atoms with Gasteiger partial charge in [0.15, 0.2) is 0 Å². The van der Waals surface area contributed by atoms with Gasteiger partial charge in [0.2, 0.25) is 0 Å². The molecule has 0 atom stereocenters. The normalized spacial score (nSPS) is 26.3. The SMILES string of the molecule is CCCc1ccc(C(=O)O[C@H]2CC[C@H](C#CC=C[C@H]3CC[C@H](CCC)CC3)CC2)cc1. The Hall–Kier alpha value is -2.01. The van der Waals surface area contributed by atoms with Gasteiger partial charge in [-0.1, -0.05) is 63.2 Å². The summed E-state index contributed by atoms with van der Waals surface area (Å²) in [6.07, 6.45) is 18.7. The van der Waals surface area contributed by atoms with Crippen molar-refractivity contribution in [1.82, 2.24) is 0 Å². The van der Waals surface area contributed by atoms with Crippen LogP contribution in [0.2, 0.25) is 0 Å². The molecule has 0 radical (unpaired) electrons. The monoisotopic (exact) mass is 420 g/mol. The van der Waals surface area contributed by atoms with Crippen molar-refractivity contribution in [2.24, 2.45) is 17.8 Å². The third-order valence-electron chi connectivity index (χ3n) is 7.00. The molecular formula is C29H40O2. The van der Waals surface area contributed by atoms with E-state index in [2.05, 4.69) is 37.8 Å². The highest BCUT2D eigenvalue weighted by Gasteiger charge is 2.23. The van der Waals surface area contributed by atoms with Crippen LogP contribution in [0.25, 0.3) is 0 Å². The van der Waals surface area contributed by atoms with Gasteiger partial charge in [0.25, 0.3) is 0 Å². The number of hydrogen-bond acceptors (Lipinski definition) is 2. The lowest BCUT2D eigenvalue weighted by Crippen LogP contribution is -2.24. The summed E-state index contributed by atoms with van der Waals surface area (Å²) in [5.41, 5.74) is 1.94. The molecule has 0 bridgehead atoms. The van der Waals surface area contributed by atoms with Crippen molar-refractivity contribution in [2.75, 3.05) is 0 Å². The van der Waals surface area contributed by atoms with E-state index in [0.29, 0.717) is 11.5 Å². The minimum absolute atomic E-state index is 0.0368. The molecule has 0 heterocycles. The molecule has 168 valence electrons. The van der Waals surface area contributed by atoms with E-state index in [9.17, 15) is 4.79 Å². The zero-order valence-corrected chi connectivity index (χ0v) is 19.6. The highest BCUT2D eigenvalue weighted by molar-refractivity contribution is 5.89. The highest BCUT2D eigenvalue weighted by Crippen LogP contribution is 2.32. The van der Waals surface area contributed by atoms with Crippen molar-refractivity contribution in [2.45, 2.75) is 97.0 Å². The van der Waals surface area contributed by atoms with Crippen LogP contribution in [0.15, 0.2) is 36.4 Å². The maximum atomic E-state index is 12.4. The number of benzene rings is 1. The van der Waals surface area contributed by atoms with E-state index < -0.39 is 0 Å². The summed E-state index contributed by atoms with van der Waals surface area (Å²) < 4.78 is 5.76. The highest BCUT2D eigenvalue weighted by atomic mass is 16.5. The molecule has 0 aromatic heterocycles. The van der Waals surface area contributed by atoms with Crippen molar-refractivity contribution in [3.8, 4) is 11.8 Å². The fourth-order valence-corrected chi connectivity index (χ4v) is 5.07. The Labute approximate surface area is 189 Å². The number of esters is 1. The summed E-state index contributed by atoms with van der Waals surface area (Å²) in [7, 11) is 0. The van der Waals surface area contributed by atoms with Crippen LogP contribution in [0.5, 0.6) is 0 Å². The third-order valence-corrected chi connectivity index (χ3v) is 7.00. The Bertz CT molecular complexity index is 748. The maximum absolute atomic E-state index is 12.4. The lowest BCUT2D eigenvalue weighted by atomic mass is 9.80. The van der Waals surface area contributed by atoms with E-state index in [0.717, 1.165) is 50.4 Å². The van der Waals surface area contributed by atoms with Crippen LogP contribution in [0, 0.1) is 29.6 Å². The second-order valence-corrected chi connectivity index (χ2v) is 9.54. The van der Waals surface area contributed by atoms with E-state index in [-0.39, 0.29) is 12.1 Å². The zero-order chi connectivity index (χ0) is 21.9. The molecule has 2 fully saturated rings. The van der Waals surface area contributed by atoms with Gasteiger partial charge < -0.3 is 4.74 Å². The lowest BCUT2D eigenvalue weighted by molar-refractivity contribution is 0.0188. The maximum Gasteiger partial charge on any atom is 0.338 e. The fraction of sp³-hybridized carbons (Fsp3) is 0.621. The molecule has 2 aliphatic carbocycles. The lowest BCUT2D eigenvalue weighted by Gasteiger charge is -2.26. The van der Waals surface area contributed by atoms with Crippen LogP contribution in [-0.4, -0.2) is 12.1 Å². The number of allylic oxidation sites excluding steroid dienone is 2. The van der Waals surface area contributed by atoms with Crippen molar-refractivity contribution in [3.05, 3.63) is 47.5 Å². The van der Waals surface area contributed by atoms with Gasteiger partial charge in [-0.15, -0.1) is 0 Å². The van der Waals surface area contributed by atoms with Gasteiger partial charge in [-0.05, 0) is 93.4 Å². The minimum atomic E-state index is -0.186. The number of carbonyl (C=O) groups excluding carboxylic acids is 1. The van der Waals surface area contributed by atoms with Gasteiger partial charge in [0.1, 0.15) is 6.10 Å². The summed E-state index contributed by atoms with van der Waals surface area (Å²) in [5.74, 6) is 8.68. The molecule has 0 N–H and O–H groups in total. The Kier molecular flexibility index (Phi) is 9.73. The second kappa shape index (κ2) is 12.7. The van der Waals surface area contributed by atoms with E-state index in [1.807, 2.05) is 24.3 Å². The molecule has 2 saturated carbocycles. The number of rotatable bonds is 7. The first-order chi connectivity index (χ1) is 15.2. The van der Waals surface area contributed by atoms with Gasteiger partial charge >= 0.3 is 5.97 Å². The molecule has 2 nitrogen and oxygen atoms in total. The fourth-order valence-electron chi connectivity index (χ4n) is 5.07. The molecule has 2 aliphatic rings. The number of carbonyl (C=O) groups is 1. The van der Waals surface area contributed by atoms with Crippen molar-refractivity contribution in [3.63, 3.8) is 0 Å². The van der Waals surface area contributed by atoms with Crippen LogP contribution < -0.4 is 0 Å². The summed E-state index contributed by atoms with van der Waals surface area (Å²) in [4.78, 5) is 12.4. The summed E-state index contributed by atoms with van der Waals surface area (Å²) in [5, 5.41) is 0. The summed E-state index contributed by atoms with van der Waals surface area (Å²) in [6.45, 7) is 4.46. The van der Waals surface area contributed by atoms with Crippen molar-refractivity contribution < 1.29 is 9.53 Å². The number of aryl methyl sites for hydroxylation is 1. The first-order valence-corrected chi connectivity index (χ1v) is 12.7. The van der Waals surface area contributed by atoms with E-state index in [1.165, 1.54) is 44.1 Å². The van der Waals surface area contributed by atoms with Gasteiger partial charge in [-0.25, -0.2) is 4.79 Å². The third kappa shape index (κ3) is 7.88. The Morgan fingerprint density at radius 1 is 0.968 bits per heavy atom. The van der Waals surface area contributed by atoms with Crippen LogP contribution in [0.4, 0.5) is 0 Å². The molecule has 1 aromatic carbocycles. The summed E-state index contributed by atoms with van der Waals surface area (Å²) >= 11 is 0. The molecule has 0 spiro atoms. The molecule has 2 heteroatoms. The first-order valence-electron chi connectivity index (χ1n) is 12.7. The predicted molar refractivity (Wildman–Crippen MR) is 129 cm³/mol. The number of hydrogen-bond donors (Lipinski definition) is 0. The Morgan fingerprint density at radius 2 is 1.68 bits per heavy atom. The first kappa shape index (κ1) is 23.6. The molecule has 31 heavy (non-hydrogen) atoms. The van der Waals surface area contributed by atoms with Crippen molar-refractivity contribution in [1.29, 1.82) is 0 Å². The van der Waals surface area contributed by atoms with Crippen LogP contribution in [0.3, 0.4) is 0 Å². The van der Waals surface area contributed by atoms with Crippen LogP contribution in [0.1, 0.15) is 100 Å². The zero-order valence-electron chi connectivity index (χ0n) is 19.6. The van der Waals surface area contributed by atoms with Crippen LogP contribution >= 0.6 is 0 Å². The Balaban J connectivity index is 1.36. The topological polar surface area (TPSA) is 26.3 Å². The molecule has 0 amide bonds.